The molecule has 2 rings (SSSR count). The fraction of sp³-hybridized carbons (Fsp3) is 0.615. The molecule has 1 aromatic rings. The average molecular weight is 349 g/mol. The molecule has 2 N–H and O–H groups in total. The summed E-state index contributed by atoms with van der Waals surface area (Å²) >= 11 is 0. The number of nitrogens with one attached hydrogen (secondary N) is 1. The molecule has 134 valence electrons. The van der Waals surface area contributed by atoms with E-state index in [1.54, 1.807) is 0 Å². The second-order valence-electron chi connectivity index (χ2n) is 5.01. The maximum Gasteiger partial charge on any atom is 0.412 e. The average Bonchev–Trinajstić information content (AvgIpc) is 2.82. The van der Waals surface area contributed by atoms with E-state index in [4.69, 9.17) is 19.3 Å². The largest absolute Gasteiger partial charge is 0.447 e. The van der Waals surface area contributed by atoms with Crippen molar-refractivity contribution >= 4 is 11.9 Å². The van der Waals surface area contributed by atoms with Gasteiger partial charge in [-0.05, 0) is 6.07 Å². The van der Waals surface area contributed by atoms with Gasteiger partial charge in [-0.2, -0.15) is 4.98 Å². The topological polar surface area (TPSA) is 112 Å². The zero-order valence-corrected chi connectivity index (χ0v) is 12.8. The molecule has 9 nitrogen and oxygen atoms in total. The van der Waals surface area contributed by atoms with Gasteiger partial charge in [0, 0.05) is 19.7 Å². The number of aliphatic hydroxyl groups excluding tert-OH is 1. The first-order valence-corrected chi connectivity index (χ1v) is 7.03. The van der Waals surface area contributed by atoms with Gasteiger partial charge in [0.1, 0.15) is 12.4 Å². The molecule has 1 saturated heterocycles. The Bertz CT molecular complexity index is 638. The third-order valence-corrected chi connectivity index (χ3v) is 3.22. The highest BCUT2D eigenvalue weighted by Crippen LogP contribution is 2.41. The Morgan fingerprint density at radius 2 is 2.33 bits per heavy atom. The molecule has 1 aliphatic heterocycles. The van der Waals surface area contributed by atoms with Crippen LogP contribution in [0, 0.1) is 0 Å². The van der Waals surface area contributed by atoms with Gasteiger partial charge in [-0.1, -0.05) is 0 Å². The summed E-state index contributed by atoms with van der Waals surface area (Å²) in [5.41, 5.74) is -1.03. The lowest BCUT2D eigenvalue weighted by molar-refractivity contribution is -0.120. The van der Waals surface area contributed by atoms with E-state index >= 15 is 0 Å². The molecule has 1 aromatic heterocycles. The zero-order valence-electron chi connectivity index (χ0n) is 12.8. The molecule has 0 spiro atoms. The molecule has 1 fully saturated rings. The highest BCUT2D eigenvalue weighted by Gasteiger charge is 2.51. The van der Waals surface area contributed by atoms with E-state index in [2.05, 4.69) is 10.3 Å². The summed E-state index contributed by atoms with van der Waals surface area (Å²) < 4.78 is 42.7. The molecule has 0 bridgehead atoms. The van der Waals surface area contributed by atoms with Gasteiger partial charge >= 0.3 is 11.8 Å². The predicted molar refractivity (Wildman–Crippen MR) is 75.9 cm³/mol. The number of anilines is 1. The Balaban J connectivity index is 2.07. The van der Waals surface area contributed by atoms with E-state index in [-0.39, 0.29) is 19.0 Å². The molecule has 0 aromatic carbocycles. The van der Waals surface area contributed by atoms with Crippen LogP contribution in [-0.4, -0.2) is 59.7 Å². The fourth-order valence-corrected chi connectivity index (χ4v) is 2.13. The predicted octanol–water partition coefficient (Wildman–Crippen LogP) is 0.353. The minimum absolute atomic E-state index is 0.00405. The van der Waals surface area contributed by atoms with Gasteiger partial charge in [-0.25, -0.2) is 18.4 Å². The van der Waals surface area contributed by atoms with Crippen LogP contribution in [0.3, 0.4) is 0 Å². The molecule has 2 atom stereocenters. The Labute approximate surface area is 135 Å². The molecule has 11 heteroatoms. The van der Waals surface area contributed by atoms with Crippen LogP contribution in [0.1, 0.15) is 12.6 Å². The lowest BCUT2D eigenvalue weighted by Crippen LogP contribution is -2.35. The third-order valence-electron chi connectivity index (χ3n) is 3.22. The van der Waals surface area contributed by atoms with Crippen molar-refractivity contribution in [3.8, 4) is 0 Å². The van der Waals surface area contributed by atoms with Crippen LogP contribution in [0.25, 0.3) is 0 Å². The van der Waals surface area contributed by atoms with E-state index < -0.39 is 43.1 Å². The van der Waals surface area contributed by atoms with Gasteiger partial charge in [0.05, 0.1) is 19.3 Å². The second-order valence-corrected chi connectivity index (χ2v) is 5.01. The molecule has 1 aliphatic rings. The highest BCUT2D eigenvalue weighted by atomic mass is 19.3. The SMILES string of the molecule is COCCOC(=O)Nc1ccn([C@@H]2O[C@H](CO)CC2(F)F)c(=O)n1. The molecule has 0 aliphatic carbocycles. The lowest BCUT2D eigenvalue weighted by atomic mass is 10.2. The van der Waals surface area contributed by atoms with Crippen LogP contribution in [0.15, 0.2) is 17.1 Å². The van der Waals surface area contributed by atoms with Gasteiger partial charge in [0.2, 0.25) is 6.23 Å². The smallest absolute Gasteiger partial charge is 0.412 e. The van der Waals surface area contributed by atoms with Crippen LogP contribution in [0.5, 0.6) is 0 Å². The number of alkyl halides is 2. The Morgan fingerprint density at radius 3 is 2.92 bits per heavy atom. The summed E-state index contributed by atoms with van der Waals surface area (Å²) in [7, 11) is 1.44. The normalized spacial score (nSPS) is 22.3. The van der Waals surface area contributed by atoms with Crippen molar-refractivity contribution in [2.45, 2.75) is 24.7 Å². The van der Waals surface area contributed by atoms with Crippen molar-refractivity contribution in [1.29, 1.82) is 0 Å². The first-order valence-electron chi connectivity index (χ1n) is 7.03. The Kier molecular flexibility index (Phi) is 5.80. The van der Waals surface area contributed by atoms with Gasteiger partial charge in [-0.3, -0.25) is 9.88 Å². The number of carbonyl (C=O) groups is 1. The number of hydrogen-bond donors (Lipinski definition) is 2. The number of rotatable bonds is 6. The van der Waals surface area contributed by atoms with Crippen molar-refractivity contribution in [2.24, 2.45) is 0 Å². The van der Waals surface area contributed by atoms with Gasteiger partial charge in [-0.15, -0.1) is 0 Å². The summed E-state index contributed by atoms with van der Waals surface area (Å²) in [6.45, 7) is -0.381. The van der Waals surface area contributed by atoms with E-state index in [9.17, 15) is 18.4 Å². The highest BCUT2D eigenvalue weighted by molar-refractivity contribution is 5.83. The lowest BCUT2D eigenvalue weighted by Gasteiger charge is -2.19. The minimum atomic E-state index is -3.33. The fourth-order valence-electron chi connectivity index (χ4n) is 2.13. The van der Waals surface area contributed by atoms with Crippen LogP contribution >= 0.6 is 0 Å². The summed E-state index contributed by atoms with van der Waals surface area (Å²) in [6, 6.07) is 1.16. The number of halogens is 2. The molecular weight excluding hydrogens is 332 g/mol. The quantitative estimate of drug-likeness (QED) is 0.713. The zero-order chi connectivity index (χ0) is 17.7. The molecule has 0 radical (unpaired) electrons. The summed E-state index contributed by atoms with van der Waals surface area (Å²) in [5.74, 6) is -3.48. The van der Waals surface area contributed by atoms with E-state index in [1.165, 1.54) is 7.11 Å². The second kappa shape index (κ2) is 7.64. The summed E-state index contributed by atoms with van der Waals surface area (Å²) in [5, 5.41) is 11.1. The number of amides is 1. The van der Waals surface area contributed by atoms with Crippen LogP contribution in [0.4, 0.5) is 19.4 Å². The minimum Gasteiger partial charge on any atom is -0.447 e. The van der Waals surface area contributed by atoms with Gasteiger partial charge in [0.25, 0.3) is 5.92 Å². The van der Waals surface area contributed by atoms with Crippen molar-refractivity contribution in [3.63, 3.8) is 0 Å². The number of aliphatic hydroxyl groups is 1. The first-order chi connectivity index (χ1) is 11.4. The van der Waals surface area contributed by atoms with E-state index in [1.807, 2.05) is 0 Å². The van der Waals surface area contributed by atoms with E-state index in [0.29, 0.717) is 4.57 Å². The van der Waals surface area contributed by atoms with Crippen molar-refractivity contribution in [1.82, 2.24) is 9.55 Å². The first kappa shape index (κ1) is 18.2. The van der Waals surface area contributed by atoms with Crippen LogP contribution in [0.2, 0.25) is 0 Å². The van der Waals surface area contributed by atoms with Crippen molar-refractivity contribution in [3.05, 3.63) is 22.7 Å². The van der Waals surface area contributed by atoms with E-state index in [0.717, 1.165) is 12.3 Å². The standard InChI is InChI=1S/C13H17F2N3O6/c1-22-4-5-23-12(21)17-9-2-3-18(11(20)16-9)10-13(14,15)6-8(7-19)24-10/h2-3,8,10,19H,4-7H2,1H3,(H,16,17,20,21)/t8-,10+/m0/s1. The summed E-state index contributed by atoms with van der Waals surface area (Å²) in [4.78, 5) is 26.8. The maximum absolute atomic E-state index is 13.9. The monoisotopic (exact) mass is 349 g/mol. The summed E-state index contributed by atoms with van der Waals surface area (Å²) in [6.07, 6.45) is -3.47. The van der Waals surface area contributed by atoms with Crippen molar-refractivity contribution < 1.29 is 32.9 Å². The number of methoxy groups -OCH3 is 1. The number of nitrogens with zero attached hydrogens (tertiary/aromatic N) is 2. The number of carbonyl (C=O) groups excluding carboxylic acids is 1. The van der Waals surface area contributed by atoms with Crippen molar-refractivity contribution in [2.75, 3.05) is 32.2 Å². The molecular formula is C13H17F2N3O6. The molecule has 1 amide bonds. The third kappa shape index (κ3) is 4.24. The molecule has 0 saturated carbocycles. The van der Waals surface area contributed by atoms with Crippen LogP contribution < -0.4 is 11.0 Å². The number of hydrogen-bond acceptors (Lipinski definition) is 7. The Hall–Kier alpha value is -2.11. The maximum atomic E-state index is 13.9. The Morgan fingerprint density at radius 1 is 1.58 bits per heavy atom. The van der Waals surface area contributed by atoms with Gasteiger partial charge in [0.15, 0.2) is 0 Å². The van der Waals surface area contributed by atoms with Gasteiger partial charge < -0.3 is 19.3 Å². The molecule has 0 unspecified atom stereocenters. The number of ether oxygens (including phenoxy) is 3. The molecule has 2 heterocycles. The molecule has 24 heavy (non-hydrogen) atoms. The van der Waals surface area contributed by atoms with Crippen LogP contribution in [-0.2, 0) is 14.2 Å². The number of aromatic nitrogens is 2.